The normalized spacial score (nSPS) is 23.0. The quantitative estimate of drug-likeness (QED) is 0.133. The Balaban J connectivity index is 1.09. The van der Waals surface area contributed by atoms with Gasteiger partial charge in [0, 0.05) is 76.7 Å². The van der Waals surface area contributed by atoms with Gasteiger partial charge in [-0.1, -0.05) is 35.3 Å². The summed E-state index contributed by atoms with van der Waals surface area (Å²) in [4.78, 5) is 32.2. The van der Waals surface area contributed by atoms with Crippen LogP contribution < -0.4 is 9.47 Å². The van der Waals surface area contributed by atoms with Gasteiger partial charge < -0.3 is 28.9 Å². The van der Waals surface area contributed by atoms with Gasteiger partial charge in [-0.2, -0.15) is 5.10 Å². The van der Waals surface area contributed by atoms with E-state index in [-0.39, 0.29) is 35.4 Å². The van der Waals surface area contributed by atoms with Crippen LogP contribution in [0.15, 0.2) is 58.8 Å². The van der Waals surface area contributed by atoms with E-state index in [9.17, 15) is 9.90 Å². The summed E-state index contributed by atoms with van der Waals surface area (Å²) < 4.78 is 16.3. The van der Waals surface area contributed by atoms with E-state index >= 15 is 4.79 Å². The summed E-state index contributed by atoms with van der Waals surface area (Å²) in [5, 5.41) is 17.2. The second kappa shape index (κ2) is 16.7. The van der Waals surface area contributed by atoms with Gasteiger partial charge in [0.05, 0.1) is 36.2 Å². The van der Waals surface area contributed by atoms with Crippen molar-refractivity contribution in [3.05, 3.63) is 103 Å². The number of allylic oxidation sites excluding steroid dienone is 3. The maximum absolute atomic E-state index is 15.1. The average molecular weight is 855 g/mol. The molecule has 2 aromatic heterocycles. The lowest BCUT2D eigenvalue weighted by Crippen LogP contribution is -2.48. The highest BCUT2D eigenvalue weighted by Gasteiger charge is 2.51. The number of hydrogen-bond donors (Lipinski definition) is 1. The highest BCUT2D eigenvalue weighted by atomic mass is 35.5. The first-order valence-corrected chi connectivity index (χ1v) is 22.1. The molecule has 5 heterocycles. The molecule has 0 spiro atoms. The first kappa shape index (κ1) is 42.2. The number of carboxylic acids is 1. The van der Waals surface area contributed by atoms with E-state index in [1.165, 1.54) is 0 Å². The van der Waals surface area contributed by atoms with Gasteiger partial charge in [-0.3, -0.25) is 9.48 Å². The van der Waals surface area contributed by atoms with E-state index < -0.39 is 5.97 Å². The third-order valence-corrected chi connectivity index (χ3v) is 14.5. The minimum absolute atomic E-state index is 0.0303. The van der Waals surface area contributed by atoms with Crippen molar-refractivity contribution in [2.45, 2.75) is 85.2 Å². The predicted molar refractivity (Wildman–Crippen MR) is 238 cm³/mol. The third-order valence-electron chi connectivity index (χ3n) is 13.6. The summed E-state index contributed by atoms with van der Waals surface area (Å²) in [6, 6.07) is 9.70. The molecule has 1 aliphatic carbocycles. The SMILES string of the molecule is Cc1cc(OCCCC2=C3C(=O)C(CCc4ccc(OCC5CCN(C)C5)c5c4cc(C(=O)O)n5C)C[C@@H](C)N3C3C(c4c(C)nn(C)c4C)=C(Cl)C=CC23)cc(C)c1Cl. The molecule has 12 heteroatoms. The van der Waals surface area contributed by atoms with Gasteiger partial charge in [-0.25, -0.2) is 4.79 Å². The van der Waals surface area contributed by atoms with E-state index in [4.69, 9.17) is 37.8 Å². The van der Waals surface area contributed by atoms with Crippen LogP contribution in [0.5, 0.6) is 11.5 Å². The molecule has 0 radical (unpaired) electrons. The lowest BCUT2D eigenvalue weighted by molar-refractivity contribution is -0.124. The summed E-state index contributed by atoms with van der Waals surface area (Å²) in [5.41, 5.74) is 9.98. The third kappa shape index (κ3) is 7.57. The van der Waals surface area contributed by atoms with Gasteiger partial charge in [-0.05, 0) is 139 Å². The zero-order valence-electron chi connectivity index (χ0n) is 36.1. The molecule has 1 N–H and O–H groups in total. The number of benzene rings is 2. The van der Waals surface area contributed by atoms with Crippen LogP contribution in [0.4, 0.5) is 0 Å². The molecule has 8 rings (SSSR count). The smallest absolute Gasteiger partial charge is 0.352 e. The number of aromatic carboxylic acids is 1. The Morgan fingerprint density at radius 3 is 2.43 bits per heavy atom. The fourth-order valence-corrected chi connectivity index (χ4v) is 10.9. The van der Waals surface area contributed by atoms with Crippen molar-refractivity contribution in [1.29, 1.82) is 0 Å². The van der Waals surface area contributed by atoms with E-state index in [1.807, 2.05) is 56.8 Å². The van der Waals surface area contributed by atoms with Crippen LogP contribution in [0.3, 0.4) is 0 Å². The Hall–Kier alpha value is -4.51. The number of likely N-dealkylation sites (tertiary alicyclic amines) is 1. The summed E-state index contributed by atoms with van der Waals surface area (Å²) in [6.45, 7) is 13.5. The number of Topliss-reactive ketones (excluding diaryl/α,β-unsaturated/α-hetero) is 1. The topological polar surface area (TPSA) is 102 Å². The molecule has 5 atom stereocenters. The van der Waals surface area contributed by atoms with Gasteiger partial charge >= 0.3 is 5.97 Å². The highest BCUT2D eigenvalue weighted by molar-refractivity contribution is 6.35. The molecule has 0 amide bonds. The maximum atomic E-state index is 15.1. The Bertz CT molecular complexity index is 2450. The molecule has 0 saturated carbocycles. The monoisotopic (exact) mass is 853 g/mol. The number of ether oxygens (including phenoxy) is 2. The van der Waals surface area contributed by atoms with Crippen LogP contribution in [-0.4, -0.2) is 86.4 Å². The fourth-order valence-electron chi connectivity index (χ4n) is 10.5. The number of halogens is 2. The number of aryl methyl sites for hydroxylation is 6. The fraction of sp³-hybridized carbons (Fsp3) is 0.479. The van der Waals surface area contributed by atoms with Gasteiger partial charge in [-0.15, -0.1) is 0 Å². The van der Waals surface area contributed by atoms with E-state index in [1.54, 1.807) is 17.7 Å². The molecule has 4 aromatic rings. The van der Waals surface area contributed by atoms with Crippen molar-refractivity contribution in [2.75, 3.05) is 33.4 Å². The number of fused-ring (bicyclic) bond motifs is 4. The summed E-state index contributed by atoms with van der Waals surface area (Å²) >= 11 is 13.6. The van der Waals surface area contributed by atoms with Crippen LogP contribution >= 0.6 is 23.2 Å². The molecular formula is C48H57Cl2N5O5. The summed E-state index contributed by atoms with van der Waals surface area (Å²) in [6.07, 6.45) is 8.70. The molecule has 10 nitrogen and oxygen atoms in total. The van der Waals surface area contributed by atoms with Crippen molar-refractivity contribution in [1.82, 2.24) is 24.1 Å². The van der Waals surface area contributed by atoms with Crippen LogP contribution in [0.2, 0.25) is 5.02 Å². The van der Waals surface area contributed by atoms with Gasteiger partial charge in [0.1, 0.15) is 17.2 Å². The standard InChI is InChI=1S/C48H57Cl2N5O5/c1-26-20-34(21-27(2)43(26)50)59-19-9-10-35-36-14-15-38(49)42(41-29(4)51-54(8)30(41)5)45(36)55-28(3)22-33(47(56)46(35)55)12-11-32-13-16-40(60-25-31-17-18-52(6)24-31)44-37(32)23-39(48(57)58)53(44)7/h13-16,20-21,23,28,31,33,36,45H,9-12,17-19,22,24-25H2,1-8H3,(H,57,58)/t28-,31?,33?,36?,45?/m1/s1. The number of nitrogens with zero attached hydrogens (tertiary/aromatic N) is 5. The molecule has 3 aliphatic heterocycles. The summed E-state index contributed by atoms with van der Waals surface area (Å²) in [7, 11) is 5.88. The highest BCUT2D eigenvalue weighted by Crippen LogP contribution is 2.52. The van der Waals surface area contributed by atoms with Crippen LogP contribution in [0, 0.1) is 45.4 Å². The number of aromatic nitrogens is 3. The minimum Gasteiger partial charge on any atom is -0.494 e. The zero-order valence-corrected chi connectivity index (χ0v) is 37.6. The van der Waals surface area contributed by atoms with E-state index in [0.717, 1.165) is 98.1 Å². The predicted octanol–water partition coefficient (Wildman–Crippen LogP) is 9.37. The van der Waals surface area contributed by atoms with Gasteiger partial charge in [0.2, 0.25) is 0 Å². The Labute approximate surface area is 363 Å². The molecule has 318 valence electrons. The van der Waals surface area contributed by atoms with Crippen molar-refractivity contribution >= 4 is 51.4 Å². The second-order valence-corrected chi connectivity index (χ2v) is 18.4. The molecule has 4 unspecified atom stereocenters. The van der Waals surface area contributed by atoms with Crippen LogP contribution in [0.1, 0.15) is 83.2 Å². The van der Waals surface area contributed by atoms with Crippen molar-refractivity contribution in [2.24, 2.45) is 31.8 Å². The first-order chi connectivity index (χ1) is 28.6. The molecule has 2 saturated heterocycles. The Kier molecular flexibility index (Phi) is 11.8. The lowest BCUT2D eigenvalue weighted by Gasteiger charge is -2.44. The minimum atomic E-state index is -0.982. The number of piperidine rings is 1. The average Bonchev–Trinajstić information content (AvgIpc) is 3.95. The number of carboxylic acid groups (broad SMARTS) is 1. The summed E-state index contributed by atoms with van der Waals surface area (Å²) in [5.74, 6) is 0.868. The second-order valence-electron chi connectivity index (χ2n) is 17.7. The molecule has 2 aromatic carbocycles. The number of carbonyl (C=O) groups is 2. The molecule has 2 fully saturated rings. The first-order valence-electron chi connectivity index (χ1n) is 21.3. The van der Waals surface area contributed by atoms with E-state index in [0.29, 0.717) is 55.6 Å². The molecule has 4 aliphatic rings. The Morgan fingerprint density at radius 1 is 1.02 bits per heavy atom. The number of hydrogen-bond acceptors (Lipinski definition) is 7. The van der Waals surface area contributed by atoms with Crippen LogP contribution in [-0.2, 0) is 25.3 Å². The van der Waals surface area contributed by atoms with E-state index in [2.05, 4.69) is 42.8 Å². The van der Waals surface area contributed by atoms with Gasteiger partial charge in [0.25, 0.3) is 0 Å². The number of ketones is 1. The van der Waals surface area contributed by atoms with Crippen molar-refractivity contribution < 1.29 is 24.2 Å². The van der Waals surface area contributed by atoms with Crippen molar-refractivity contribution in [3.8, 4) is 11.5 Å². The largest absolute Gasteiger partial charge is 0.494 e. The number of carbonyl (C=O) groups excluding carboxylic acids is 1. The molecular weight excluding hydrogens is 797 g/mol. The lowest BCUT2D eigenvalue weighted by atomic mass is 9.80. The van der Waals surface area contributed by atoms with Crippen molar-refractivity contribution in [3.63, 3.8) is 0 Å². The van der Waals surface area contributed by atoms with Crippen LogP contribution in [0.25, 0.3) is 16.5 Å². The molecule has 0 bridgehead atoms. The Morgan fingerprint density at radius 2 is 1.77 bits per heavy atom. The van der Waals surface area contributed by atoms with Gasteiger partial charge in [0.15, 0.2) is 5.78 Å². The number of rotatable bonds is 13. The maximum Gasteiger partial charge on any atom is 0.352 e. The molecule has 60 heavy (non-hydrogen) atoms. The zero-order chi connectivity index (χ0) is 42.7.